The summed E-state index contributed by atoms with van der Waals surface area (Å²) in [6, 6.07) is 2.40. The number of H-pyrrole nitrogens is 1. The third-order valence-electron chi connectivity index (χ3n) is 4.49. The second-order valence-electron chi connectivity index (χ2n) is 6.52. The van der Waals surface area contributed by atoms with Crippen molar-refractivity contribution in [3.63, 3.8) is 0 Å². The minimum atomic E-state index is -1.60. The molecular weight excluding hydrogens is 449 g/mol. The molecule has 13 heteroatoms. The van der Waals surface area contributed by atoms with Crippen LogP contribution in [0, 0.1) is 5.82 Å². The van der Waals surface area contributed by atoms with Gasteiger partial charge in [0.2, 0.25) is 5.91 Å². The van der Waals surface area contributed by atoms with Crippen molar-refractivity contribution in [1.82, 2.24) is 25.2 Å². The highest BCUT2D eigenvalue weighted by Gasteiger charge is 2.26. The van der Waals surface area contributed by atoms with Crippen molar-refractivity contribution in [2.75, 3.05) is 13.7 Å². The van der Waals surface area contributed by atoms with Crippen molar-refractivity contribution in [1.29, 1.82) is 0 Å². The van der Waals surface area contributed by atoms with Crippen molar-refractivity contribution in [2.24, 2.45) is 0 Å². The van der Waals surface area contributed by atoms with Crippen LogP contribution in [0.5, 0.6) is 5.75 Å². The number of amides is 2. The predicted molar refractivity (Wildman–Crippen MR) is 110 cm³/mol. The first-order chi connectivity index (χ1) is 15.2. The molecule has 0 radical (unpaired) electrons. The third-order valence-corrected chi connectivity index (χ3v) is 4.80. The number of carbonyl (C=O) groups excluding carboxylic acids is 2. The van der Waals surface area contributed by atoms with E-state index in [1.165, 1.54) is 31.6 Å². The van der Waals surface area contributed by atoms with Crippen LogP contribution in [-0.2, 0) is 16.1 Å². The highest BCUT2D eigenvalue weighted by Crippen LogP contribution is 2.27. The van der Waals surface area contributed by atoms with E-state index in [0.717, 1.165) is 4.57 Å². The van der Waals surface area contributed by atoms with E-state index in [4.69, 9.17) is 16.3 Å². The number of hydrogen-bond acceptors (Lipinski definition) is 6. The number of aromatic nitrogens is 3. The smallest absolute Gasteiger partial charge is 0.328 e. The number of carbonyl (C=O) groups is 3. The average molecular weight is 466 g/mol. The summed E-state index contributed by atoms with van der Waals surface area (Å²) in [5.74, 6) is -4.59. The Kier molecular flexibility index (Phi) is 6.73. The second kappa shape index (κ2) is 9.47. The van der Waals surface area contributed by atoms with Crippen LogP contribution in [0.2, 0.25) is 5.02 Å². The summed E-state index contributed by atoms with van der Waals surface area (Å²) in [6.45, 7) is -0.945. The zero-order chi connectivity index (χ0) is 23.4. The van der Waals surface area contributed by atoms with Gasteiger partial charge in [0, 0.05) is 12.7 Å². The molecule has 168 valence electrons. The van der Waals surface area contributed by atoms with Gasteiger partial charge in [-0.25, -0.2) is 14.0 Å². The lowest BCUT2D eigenvalue weighted by Gasteiger charge is -2.17. The van der Waals surface area contributed by atoms with Crippen LogP contribution in [0.4, 0.5) is 4.39 Å². The molecule has 2 aromatic heterocycles. The molecule has 0 saturated heterocycles. The number of hydrogen-bond donors (Lipinski definition) is 4. The van der Waals surface area contributed by atoms with E-state index in [-0.39, 0.29) is 10.8 Å². The number of aliphatic carboxylic acids is 1. The van der Waals surface area contributed by atoms with Gasteiger partial charge in [-0.15, -0.1) is 0 Å². The van der Waals surface area contributed by atoms with Crippen LogP contribution in [0.3, 0.4) is 0 Å². The number of carboxylic acid groups (broad SMARTS) is 1. The number of nitrogens with zero attached hydrogens (tertiary/aromatic N) is 2. The maximum absolute atomic E-state index is 14.4. The molecule has 32 heavy (non-hydrogen) atoms. The number of nitrogens with one attached hydrogen (secondary N) is 3. The van der Waals surface area contributed by atoms with Crippen molar-refractivity contribution >= 4 is 40.4 Å². The van der Waals surface area contributed by atoms with E-state index in [9.17, 15) is 28.7 Å². The molecular formula is C19H17ClFN5O6. The fraction of sp³-hybridized carbons (Fsp3) is 0.211. The first kappa shape index (κ1) is 22.7. The van der Waals surface area contributed by atoms with Crippen LogP contribution in [0.15, 0.2) is 35.4 Å². The average Bonchev–Trinajstić information content (AvgIpc) is 3.06. The normalized spacial score (nSPS) is 11.7. The molecule has 3 rings (SSSR count). The number of ether oxygens (including phenoxy) is 1. The van der Waals surface area contributed by atoms with E-state index in [1.54, 1.807) is 6.07 Å². The molecule has 1 atom stereocenters. The van der Waals surface area contributed by atoms with E-state index in [1.807, 2.05) is 0 Å². The number of rotatable bonds is 8. The summed E-state index contributed by atoms with van der Waals surface area (Å²) in [4.78, 5) is 54.7. The Balaban J connectivity index is 1.69. The zero-order valence-electron chi connectivity index (χ0n) is 16.5. The number of imidazole rings is 1. The van der Waals surface area contributed by atoms with Gasteiger partial charge in [-0.3, -0.25) is 19.1 Å². The fourth-order valence-corrected chi connectivity index (χ4v) is 3.13. The highest BCUT2D eigenvalue weighted by atomic mass is 35.5. The van der Waals surface area contributed by atoms with Crippen LogP contribution in [0.1, 0.15) is 10.4 Å². The molecule has 0 saturated carbocycles. The Morgan fingerprint density at radius 1 is 1.34 bits per heavy atom. The van der Waals surface area contributed by atoms with Crippen LogP contribution >= 0.6 is 11.6 Å². The number of carboxylic acids is 1. The Morgan fingerprint density at radius 3 is 2.78 bits per heavy atom. The third kappa shape index (κ3) is 4.70. The monoisotopic (exact) mass is 465 g/mol. The van der Waals surface area contributed by atoms with E-state index >= 15 is 0 Å². The lowest BCUT2D eigenvalue weighted by molar-refractivity contribution is -0.139. The molecule has 3 aromatic rings. The quantitative estimate of drug-likeness (QED) is 0.378. The van der Waals surface area contributed by atoms with Gasteiger partial charge in [0.1, 0.15) is 12.6 Å². The summed E-state index contributed by atoms with van der Waals surface area (Å²) in [6.07, 6.45) is 2.87. The number of fused-ring (bicyclic) bond motifs is 1. The van der Waals surface area contributed by atoms with Crippen molar-refractivity contribution < 1.29 is 28.6 Å². The topological polar surface area (TPSA) is 155 Å². The van der Waals surface area contributed by atoms with E-state index in [0.29, 0.717) is 11.0 Å². The molecule has 0 unspecified atom stereocenters. The number of halogens is 2. The summed E-state index contributed by atoms with van der Waals surface area (Å²) >= 11 is 5.87. The first-order valence-electron chi connectivity index (χ1n) is 9.07. The van der Waals surface area contributed by atoms with Crippen LogP contribution in [0.25, 0.3) is 11.0 Å². The standard InChI is InChI=1S/C19H17ClFN5O6/c1-32-13-3-2-9(20)15(16(13)21)17(28)24-11(18(29)30)6-23-14(27)8-26-12-7-22-5-4-10(12)25-19(26)31/h2-5,7,11H,6,8H2,1H3,(H,23,27)(H,24,28)(H,25,31)(H,29,30)/t11-/m0/s1. The van der Waals surface area contributed by atoms with Gasteiger partial charge < -0.3 is 25.5 Å². The number of benzene rings is 1. The van der Waals surface area contributed by atoms with Crippen LogP contribution in [-0.4, -0.2) is 57.1 Å². The van der Waals surface area contributed by atoms with Gasteiger partial charge in [0.05, 0.1) is 34.9 Å². The Bertz CT molecular complexity index is 1260. The van der Waals surface area contributed by atoms with Crippen molar-refractivity contribution in [3.05, 3.63) is 57.5 Å². The maximum atomic E-state index is 14.4. The van der Waals surface area contributed by atoms with Gasteiger partial charge in [-0.1, -0.05) is 11.6 Å². The lowest BCUT2D eigenvalue weighted by atomic mass is 10.1. The Hall–Kier alpha value is -3.93. The molecule has 0 fully saturated rings. The number of pyridine rings is 1. The minimum Gasteiger partial charge on any atom is -0.494 e. The fourth-order valence-electron chi connectivity index (χ4n) is 2.90. The molecule has 0 spiro atoms. The molecule has 11 nitrogen and oxygen atoms in total. The zero-order valence-corrected chi connectivity index (χ0v) is 17.3. The van der Waals surface area contributed by atoms with Crippen molar-refractivity contribution in [3.8, 4) is 5.75 Å². The summed E-state index contributed by atoms with van der Waals surface area (Å²) in [5, 5.41) is 13.6. The molecule has 0 aliphatic heterocycles. The van der Waals surface area contributed by atoms with Gasteiger partial charge in [0.25, 0.3) is 5.91 Å². The highest BCUT2D eigenvalue weighted by molar-refractivity contribution is 6.34. The van der Waals surface area contributed by atoms with Gasteiger partial charge in [0.15, 0.2) is 11.6 Å². The summed E-state index contributed by atoms with van der Waals surface area (Å²) in [5.41, 5.74) is -0.277. The molecule has 2 heterocycles. The SMILES string of the molecule is COc1ccc(Cl)c(C(=O)N[C@@H](CNC(=O)Cn2c(=O)[nH]c3ccncc32)C(=O)O)c1F. The number of aromatic amines is 1. The number of methoxy groups -OCH3 is 1. The van der Waals surface area contributed by atoms with E-state index in [2.05, 4.69) is 20.6 Å². The minimum absolute atomic E-state index is 0.249. The second-order valence-corrected chi connectivity index (χ2v) is 6.92. The lowest BCUT2D eigenvalue weighted by Crippen LogP contribution is -2.49. The van der Waals surface area contributed by atoms with Gasteiger partial charge in [-0.2, -0.15) is 0 Å². The van der Waals surface area contributed by atoms with E-state index < -0.39 is 54.0 Å². The molecule has 0 aliphatic carbocycles. The molecule has 0 bridgehead atoms. The van der Waals surface area contributed by atoms with Gasteiger partial charge in [-0.05, 0) is 18.2 Å². The predicted octanol–water partition coefficient (Wildman–Crippen LogP) is 0.525. The molecule has 1 aromatic carbocycles. The summed E-state index contributed by atoms with van der Waals surface area (Å²) in [7, 11) is 1.19. The maximum Gasteiger partial charge on any atom is 0.328 e. The molecule has 4 N–H and O–H groups in total. The first-order valence-corrected chi connectivity index (χ1v) is 9.45. The Labute approximate surface area is 184 Å². The van der Waals surface area contributed by atoms with Crippen LogP contribution < -0.4 is 21.1 Å². The molecule has 2 amide bonds. The van der Waals surface area contributed by atoms with Crippen molar-refractivity contribution in [2.45, 2.75) is 12.6 Å². The summed E-state index contributed by atoms with van der Waals surface area (Å²) < 4.78 is 20.3. The largest absolute Gasteiger partial charge is 0.494 e. The van der Waals surface area contributed by atoms with Gasteiger partial charge >= 0.3 is 11.7 Å². The Morgan fingerprint density at radius 2 is 2.09 bits per heavy atom. The molecule has 0 aliphatic rings.